The third kappa shape index (κ3) is 4.56. The van der Waals surface area contributed by atoms with Gasteiger partial charge in [-0.05, 0) is 31.2 Å². The quantitative estimate of drug-likeness (QED) is 0.517. The molecule has 1 aromatic carbocycles. The molecule has 0 aromatic heterocycles. The number of likely N-dealkylation sites (tertiary alicyclic amines) is 1. The van der Waals surface area contributed by atoms with E-state index in [9.17, 15) is 19.5 Å². The highest BCUT2D eigenvalue weighted by Crippen LogP contribution is 2.66. The largest absolute Gasteiger partial charge is 0.394 e. The van der Waals surface area contributed by atoms with E-state index in [1.54, 1.807) is 16.7 Å². The number of hydrogen-bond donors (Lipinski definition) is 1. The predicted octanol–water partition coefficient (Wildman–Crippen LogP) is 4.02. The molecule has 41 heavy (non-hydrogen) atoms. The van der Waals surface area contributed by atoms with Crippen molar-refractivity contribution in [3.8, 4) is 0 Å². The van der Waals surface area contributed by atoms with Gasteiger partial charge in [0.1, 0.15) is 6.04 Å². The molecular weight excluding hydrogens is 534 g/mol. The molecule has 4 heterocycles. The number of rotatable bonds is 6. The Balaban J connectivity index is 1.44. The molecule has 6 rings (SSSR count). The summed E-state index contributed by atoms with van der Waals surface area (Å²) in [5.74, 6) is -1.57. The standard InChI is InChI=1S/C33H43N3O4S/c1-22(2)25(21-37)36-28-31(40)35(24-14-8-5-9-15-24)19-11-17-33(28)27(30(36)39)26-29(38)34(18-10-16-32(26,3)41-33)20-23-12-6-4-7-13-23/h4,6-7,10-13,16-17,22,24-28,37H,5,8-9,14-15,18-21H2,1-3H3/t25-,26+,27-,28?,32-,33-/m0/s1. The number of benzene rings is 1. The lowest BCUT2D eigenvalue weighted by molar-refractivity contribution is -0.149. The van der Waals surface area contributed by atoms with Crippen LogP contribution in [0.25, 0.3) is 0 Å². The third-order valence-corrected chi connectivity index (χ3v) is 12.0. The highest BCUT2D eigenvalue weighted by Gasteiger charge is 2.74. The van der Waals surface area contributed by atoms with Crippen LogP contribution >= 0.6 is 11.8 Å². The Morgan fingerprint density at radius 1 is 0.927 bits per heavy atom. The summed E-state index contributed by atoms with van der Waals surface area (Å²) in [5.41, 5.74) is 1.04. The van der Waals surface area contributed by atoms with Crippen molar-refractivity contribution in [2.75, 3.05) is 19.7 Å². The van der Waals surface area contributed by atoms with Crippen LogP contribution in [0.4, 0.5) is 0 Å². The van der Waals surface area contributed by atoms with Gasteiger partial charge in [0, 0.05) is 30.4 Å². The number of carbonyl (C=O) groups excluding carboxylic acids is 3. The first-order valence-electron chi connectivity index (χ1n) is 15.3. The second-order valence-electron chi connectivity index (χ2n) is 13.0. The topological polar surface area (TPSA) is 81.2 Å². The van der Waals surface area contributed by atoms with Gasteiger partial charge in [0.05, 0.1) is 29.2 Å². The smallest absolute Gasteiger partial charge is 0.247 e. The van der Waals surface area contributed by atoms with Crippen molar-refractivity contribution in [3.05, 3.63) is 60.2 Å². The van der Waals surface area contributed by atoms with Gasteiger partial charge in [0.2, 0.25) is 17.7 Å². The molecule has 0 bridgehead atoms. The molecule has 0 radical (unpaired) electrons. The number of thioether (sulfide) groups is 1. The number of amides is 3. The maximum atomic E-state index is 14.7. The van der Waals surface area contributed by atoms with Gasteiger partial charge in [-0.1, -0.05) is 87.7 Å². The Hall–Kier alpha value is -2.58. The molecule has 1 N–H and O–H groups in total. The van der Waals surface area contributed by atoms with Crippen molar-refractivity contribution in [1.29, 1.82) is 0 Å². The molecule has 1 saturated carbocycles. The van der Waals surface area contributed by atoms with Crippen molar-refractivity contribution >= 4 is 29.5 Å². The van der Waals surface area contributed by atoms with Gasteiger partial charge >= 0.3 is 0 Å². The van der Waals surface area contributed by atoms with E-state index in [4.69, 9.17) is 0 Å². The lowest BCUT2D eigenvalue weighted by atomic mass is 9.74. The lowest BCUT2D eigenvalue weighted by Gasteiger charge is -2.42. The first-order valence-corrected chi connectivity index (χ1v) is 16.2. The molecule has 8 heteroatoms. The van der Waals surface area contributed by atoms with Gasteiger partial charge in [-0.25, -0.2) is 0 Å². The first-order chi connectivity index (χ1) is 19.7. The molecule has 1 unspecified atom stereocenters. The van der Waals surface area contributed by atoms with Crippen LogP contribution in [0.5, 0.6) is 0 Å². The lowest BCUT2D eigenvalue weighted by Crippen LogP contribution is -2.59. The summed E-state index contributed by atoms with van der Waals surface area (Å²) in [6, 6.07) is 8.86. The number of nitrogens with zero attached hydrogens (tertiary/aromatic N) is 3. The van der Waals surface area contributed by atoms with Crippen LogP contribution in [0, 0.1) is 17.8 Å². The Morgan fingerprint density at radius 3 is 2.32 bits per heavy atom. The maximum absolute atomic E-state index is 14.7. The van der Waals surface area contributed by atoms with Crippen LogP contribution in [0.2, 0.25) is 0 Å². The molecule has 3 fully saturated rings. The van der Waals surface area contributed by atoms with E-state index in [0.29, 0.717) is 19.6 Å². The van der Waals surface area contributed by atoms with Gasteiger partial charge in [0.25, 0.3) is 0 Å². The van der Waals surface area contributed by atoms with E-state index in [-0.39, 0.29) is 36.3 Å². The Morgan fingerprint density at radius 2 is 1.63 bits per heavy atom. The van der Waals surface area contributed by atoms with E-state index < -0.39 is 33.4 Å². The summed E-state index contributed by atoms with van der Waals surface area (Å²) in [6.07, 6.45) is 13.7. The van der Waals surface area contributed by atoms with E-state index in [1.165, 1.54) is 6.42 Å². The van der Waals surface area contributed by atoms with Crippen molar-refractivity contribution in [3.63, 3.8) is 0 Å². The minimum absolute atomic E-state index is 0.0259. The molecule has 7 nitrogen and oxygen atoms in total. The molecule has 3 amide bonds. The Kier molecular flexibility index (Phi) is 7.60. The van der Waals surface area contributed by atoms with Crippen molar-refractivity contribution in [1.82, 2.24) is 14.7 Å². The average Bonchev–Trinajstić information content (AvgIpc) is 3.23. The summed E-state index contributed by atoms with van der Waals surface area (Å²) in [6.45, 7) is 7.30. The number of aliphatic hydroxyl groups is 1. The van der Waals surface area contributed by atoms with Crippen LogP contribution < -0.4 is 0 Å². The monoisotopic (exact) mass is 577 g/mol. The molecular formula is C33H43N3O4S. The fourth-order valence-electron chi connectivity index (χ4n) is 8.17. The third-order valence-electron chi connectivity index (χ3n) is 10.2. The minimum atomic E-state index is -0.880. The van der Waals surface area contributed by atoms with Gasteiger partial charge in [0.15, 0.2) is 0 Å². The minimum Gasteiger partial charge on any atom is -0.394 e. The van der Waals surface area contributed by atoms with Gasteiger partial charge in [-0.3, -0.25) is 14.4 Å². The fraction of sp³-hybridized carbons (Fsp3) is 0.606. The number of carbonyl (C=O) groups is 3. The maximum Gasteiger partial charge on any atom is 0.247 e. The fourth-order valence-corrected chi connectivity index (χ4v) is 10.3. The van der Waals surface area contributed by atoms with Crippen molar-refractivity contribution in [2.24, 2.45) is 17.8 Å². The van der Waals surface area contributed by atoms with Crippen LogP contribution in [-0.2, 0) is 20.9 Å². The predicted molar refractivity (Wildman–Crippen MR) is 161 cm³/mol. The molecule has 6 atom stereocenters. The zero-order valence-corrected chi connectivity index (χ0v) is 25.3. The highest BCUT2D eigenvalue weighted by atomic mass is 32.2. The zero-order valence-electron chi connectivity index (χ0n) is 24.4. The van der Waals surface area contributed by atoms with Crippen molar-refractivity contribution < 1.29 is 19.5 Å². The molecule has 1 aliphatic carbocycles. The highest BCUT2D eigenvalue weighted by molar-refractivity contribution is 8.02. The molecule has 5 aliphatic rings. The van der Waals surface area contributed by atoms with E-state index in [1.807, 2.05) is 54.0 Å². The van der Waals surface area contributed by atoms with E-state index in [2.05, 4.69) is 31.2 Å². The van der Waals surface area contributed by atoms with Crippen molar-refractivity contribution in [2.45, 2.75) is 87.0 Å². The zero-order chi connectivity index (χ0) is 28.9. The summed E-state index contributed by atoms with van der Waals surface area (Å²) in [7, 11) is 0. The molecule has 4 aliphatic heterocycles. The summed E-state index contributed by atoms with van der Waals surface area (Å²) < 4.78 is -1.51. The number of fused-ring (bicyclic) bond motifs is 2. The Labute approximate surface area is 248 Å². The molecule has 220 valence electrons. The second-order valence-corrected chi connectivity index (χ2v) is 14.8. The SMILES string of the molecule is CC(C)[C@H](CO)N1C(=O)[C@@H]2[C@@H]3C(=O)N(Cc4ccccc4)CC=C[C@]3(C)S[C@@]23C=CCN(C2CCCCC2)C(=O)C13. The summed E-state index contributed by atoms with van der Waals surface area (Å²) in [4.78, 5) is 49.5. The van der Waals surface area contributed by atoms with Crippen LogP contribution in [0.3, 0.4) is 0 Å². The van der Waals surface area contributed by atoms with E-state index >= 15 is 0 Å². The molecule has 2 saturated heterocycles. The van der Waals surface area contributed by atoms with E-state index in [0.717, 1.165) is 31.2 Å². The average molecular weight is 578 g/mol. The second kappa shape index (κ2) is 10.9. The molecule has 1 aromatic rings. The van der Waals surface area contributed by atoms with Crippen LogP contribution in [-0.4, -0.2) is 84.8 Å². The van der Waals surface area contributed by atoms with Crippen LogP contribution in [0.15, 0.2) is 54.6 Å². The van der Waals surface area contributed by atoms with Crippen LogP contribution in [0.1, 0.15) is 58.4 Å². The number of aliphatic hydroxyl groups excluding tert-OH is 1. The first kappa shape index (κ1) is 28.5. The summed E-state index contributed by atoms with van der Waals surface area (Å²) in [5, 5.41) is 10.6. The van der Waals surface area contributed by atoms with Gasteiger partial charge in [-0.2, -0.15) is 0 Å². The molecule has 1 spiro atoms. The number of hydrogen-bond acceptors (Lipinski definition) is 5. The Bertz CT molecular complexity index is 1240. The summed E-state index contributed by atoms with van der Waals surface area (Å²) >= 11 is 1.62. The normalized spacial score (nSPS) is 34.5. The van der Waals surface area contributed by atoms with Gasteiger partial charge < -0.3 is 19.8 Å². The van der Waals surface area contributed by atoms with Gasteiger partial charge in [-0.15, -0.1) is 11.8 Å².